The fourth-order valence-electron chi connectivity index (χ4n) is 2.70. The number of nitrogens with zero attached hydrogens (tertiary/aromatic N) is 2. The van der Waals surface area contributed by atoms with E-state index in [-0.39, 0.29) is 5.91 Å². The smallest absolute Gasteiger partial charge is 0.267 e. The number of carbonyl (C=O) groups is 1. The second-order valence-electron chi connectivity index (χ2n) is 5.34. The third-order valence-electron chi connectivity index (χ3n) is 3.98. The van der Waals surface area contributed by atoms with Gasteiger partial charge >= 0.3 is 0 Å². The number of amides is 1. The summed E-state index contributed by atoms with van der Waals surface area (Å²) in [6.07, 6.45) is -0.168. The van der Waals surface area contributed by atoms with Crippen LogP contribution >= 0.6 is 0 Å². The zero-order valence-corrected chi connectivity index (χ0v) is 13.3. The summed E-state index contributed by atoms with van der Waals surface area (Å²) < 4.78 is 15.9. The second-order valence-corrected chi connectivity index (χ2v) is 5.34. The van der Waals surface area contributed by atoms with E-state index >= 15 is 0 Å². The summed E-state index contributed by atoms with van der Waals surface area (Å²) in [7, 11) is 3.20. The van der Waals surface area contributed by atoms with E-state index in [0.717, 1.165) is 5.56 Å². The minimum atomic E-state index is -0.584. The third-order valence-corrected chi connectivity index (χ3v) is 3.98. The molecule has 0 N–H and O–H groups in total. The maximum atomic E-state index is 12.5. The van der Waals surface area contributed by atoms with Crippen molar-refractivity contribution in [1.82, 2.24) is 4.90 Å². The van der Waals surface area contributed by atoms with Crippen LogP contribution in [0.5, 0.6) is 11.5 Å². The maximum Gasteiger partial charge on any atom is 0.267 e. The molecule has 0 aliphatic carbocycles. The van der Waals surface area contributed by atoms with Crippen molar-refractivity contribution in [3.05, 3.63) is 23.8 Å². The van der Waals surface area contributed by atoms with Gasteiger partial charge in [0, 0.05) is 25.1 Å². The number of benzene rings is 1. The Bertz CT molecular complexity index is 610. The van der Waals surface area contributed by atoms with Crippen LogP contribution in [0.3, 0.4) is 0 Å². The first-order valence-corrected chi connectivity index (χ1v) is 7.54. The second kappa shape index (κ2) is 6.87. The van der Waals surface area contributed by atoms with Gasteiger partial charge in [0.05, 0.1) is 33.1 Å². The lowest BCUT2D eigenvalue weighted by Gasteiger charge is -2.28. The van der Waals surface area contributed by atoms with Gasteiger partial charge in [-0.05, 0) is 18.2 Å². The minimum absolute atomic E-state index is 0.0473. The highest BCUT2D eigenvalue weighted by atomic mass is 16.6. The van der Waals surface area contributed by atoms with Crippen molar-refractivity contribution in [3.63, 3.8) is 0 Å². The van der Waals surface area contributed by atoms with Gasteiger partial charge in [0.15, 0.2) is 0 Å². The van der Waals surface area contributed by atoms with Crippen molar-refractivity contribution in [1.29, 1.82) is 0 Å². The van der Waals surface area contributed by atoms with Gasteiger partial charge in [-0.1, -0.05) is 5.16 Å². The lowest BCUT2D eigenvalue weighted by atomic mass is 10.0. The van der Waals surface area contributed by atoms with Crippen molar-refractivity contribution in [3.8, 4) is 11.5 Å². The predicted molar refractivity (Wildman–Crippen MR) is 83.0 cm³/mol. The molecular weight excluding hydrogens is 300 g/mol. The summed E-state index contributed by atoms with van der Waals surface area (Å²) in [5.41, 5.74) is 1.47. The Hall–Kier alpha value is -2.28. The number of methoxy groups -OCH3 is 2. The minimum Gasteiger partial charge on any atom is -0.497 e. The van der Waals surface area contributed by atoms with E-state index < -0.39 is 6.10 Å². The van der Waals surface area contributed by atoms with Crippen molar-refractivity contribution in [2.24, 2.45) is 5.16 Å². The lowest BCUT2D eigenvalue weighted by molar-refractivity contribution is -0.146. The molecule has 0 spiro atoms. The van der Waals surface area contributed by atoms with E-state index in [2.05, 4.69) is 5.16 Å². The topological polar surface area (TPSA) is 69.6 Å². The average Bonchev–Trinajstić information content (AvgIpc) is 3.11. The van der Waals surface area contributed by atoms with Gasteiger partial charge in [-0.15, -0.1) is 0 Å². The molecule has 0 saturated carbocycles. The molecule has 1 aromatic rings. The van der Waals surface area contributed by atoms with Crippen LogP contribution in [0.2, 0.25) is 0 Å². The zero-order valence-electron chi connectivity index (χ0n) is 13.3. The van der Waals surface area contributed by atoms with Crippen LogP contribution in [-0.4, -0.2) is 63.1 Å². The number of rotatable bonds is 4. The molecule has 1 atom stereocenters. The Morgan fingerprint density at radius 2 is 2.04 bits per heavy atom. The molecule has 7 nitrogen and oxygen atoms in total. The van der Waals surface area contributed by atoms with Crippen LogP contribution in [0.1, 0.15) is 12.0 Å². The molecule has 0 aromatic heterocycles. The van der Waals surface area contributed by atoms with Crippen LogP contribution < -0.4 is 9.47 Å². The fraction of sp³-hybridized carbons (Fsp3) is 0.500. The fourth-order valence-corrected chi connectivity index (χ4v) is 2.70. The van der Waals surface area contributed by atoms with Crippen molar-refractivity contribution in [2.45, 2.75) is 12.5 Å². The number of carbonyl (C=O) groups excluding carboxylic acids is 1. The summed E-state index contributed by atoms with van der Waals surface area (Å²) in [5, 5.41) is 4.09. The molecule has 0 radical (unpaired) electrons. The Kier molecular flexibility index (Phi) is 4.66. The number of morpholine rings is 1. The van der Waals surface area contributed by atoms with Gasteiger partial charge in [0.1, 0.15) is 11.5 Å². The van der Waals surface area contributed by atoms with Gasteiger partial charge in [-0.25, -0.2) is 0 Å². The van der Waals surface area contributed by atoms with Gasteiger partial charge in [0.2, 0.25) is 6.10 Å². The van der Waals surface area contributed by atoms with E-state index in [1.54, 1.807) is 19.1 Å². The van der Waals surface area contributed by atoms with Crippen molar-refractivity contribution < 1.29 is 23.8 Å². The molecule has 2 heterocycles. The van der Waals surface area contributed by atoms with E-state index in [9.17, 15) is 4.79 Å². The average molecular weight is 320 g/mol. The largest absolute Gasteiger partial charge is 0.497 e. The number of hydrogen-bond acceptors (Lipinski definition) is 6. The quantitative estimate of drug-likeness (QED) is 0.829. The number of hydrogen-bond donors (Lipinski definition) is 0. The molecule has 1 aromatic carbocycles. The van der Waals surface area contributed by atoms with Gasteiger partial charge < -0.3 is 23.9 Å². The normalized spacial score (nSPS) is 20.7. The highest BCUT2D eigenvalue weighted by molar-refractivity contribution is 6.06. The number of oxime groups is 1. The highest BCUT2D eigenvalue weighted by Crippen LogP contribution is 2.29. The van der Waals surface area contributed by atoms with E-state index in [1.807, 2.05) is 18.2 Å². The van der Waals surface area contributed by atoms with Gasteiger partial charge in [-0.2, -0.15) is 0 Å². The first kappa shape index (κ1) is 15.6. The zero-order chi connectivity index (χ0) is 16.2. The Balaban J connectivity index is 1.73. The van der Waals surface area contributed by atoms with Gasteiger partial charge in [-0.3, -0.25) is 4.79 Å². The van der Waals surface area contributed by atoms with E-state index in [0.29, 0.717) is 49.9 Å². The Morgan fingerprint density at radius 1 is 1.26 bits per heavy atom. The van der Waals surface area contributed by atoms with Crippen LogP contribution in [0.25, 0.3) is 0 Å². The highest BCUT2D eigenvalue weighted by Gasteiger charge is 2.34. The summed E-state index contributed by atoms with van der Waals surface area (Å²) in [4.78, 5) is 19.6. The Labute approximate surface area is 134 Å². The van der Waals surface area contributed by atoms with E-state index in [4.69, 9.17) is 19.0 Å². The standard InChI is InChI=1S/C16H20N2O5/c1-20-11-3-4-14(21-2)12(9-11)13-10-15(23-17-13)16(19)18-5-7-22-8-6-18/h3-4,9,15H,5-8,10H2,1-2H3/t15-/m0/s1. The first-order valence-electron chi connectivity index (χ1n) is 7.54. The summed E-state index contributed by atoms with van der Waals surface area (Å²) in [6, 6.07) is 5.46. The maximum absolute atomic E-state index is 12.5. The number of ether oxygens (including phenoxy) is 3. The van der Waals surface area contributed by atoms with Crippen LogP contribution in [-0.2, 0) is 14.4 Å². The molecule has 0 unspecified atom stereocenters. The SMILES string of the molecule is COc1ccc(OC)c(C2=NO[C@H](C(=O)N3CCOCC3)C2)c1. The van der Waals surface area contributed by atoms with Crippen LogP contribution in [0.4, 0.5) is 0 Å². The third kappa shape index (κ3) is 3.24. The summed E-state index contributed by atoms with van der Waals surface area (Å²) >= 11 is 0. The molecule has 0 bridgehead atoms. The molecule has 1 amide bonds. The van der Waals surface area contributed by atoms with Crippen molar-refractivity contribution in [2.75, 3.05) is 40.5 Å². The van der Waals surface area contributed by atoms with Crippen molar-refractivity contribution >= 4 is 11.6 Å². The molecule has 7 heteroatoms. The molecule has 124 valence electrons. The Morgan fingerprint density at radius 3 is 2.74 bits per heavy atom. The monoisotopic (exact) mass is 320 g/mol. The molecule has 2 aliphatic rings. The van der Waals surface area contributed by atoms with Crippen LogP contribution in [0, 0.1) is 0 Å². The summed E-state index contributed by atoms with van der Waals surface area (Å²) in [6.45, 7) is 2.32. The lowest BCUT2D eigenvalue weighted by Crippen LogP contribution is -2.45. The molecular formula is C16H20N2O5. The first-order chi connectivity index (χ1) is 11.2. The van der Waals surface area contributed by atoms with E-state index in [1.165, 1.54) is 0 Å². The molecule has 2 aliphatic heterocycles. The molecule has 1 saturated heterocycles. The molecule has 3 rings (SSSR count). The van der Waals surface area contributed by atoms with Crippen LogP contribution in [0.15, 0.2) is 23.4 Å². The summed E-state index contributed by atoms with van der Waals surface area (Å²) in [5.74, 6) is 1.33. The van der Waals surface area contributed by atoms with Gasteiger partial charge in [0.25, 0.3) is 5.91 Å². The predicted octanol–water partition coefficient (Wildman–Crippen LogP) is 1.06. The molecule has 1 fully saturated rings. The molecule has 23 heavy (non-hydrogen) atoms.